The SMILES string of the molecule is C[C@H]1[C@@H](CSc2cccc[n+]2[O-])O[C@@H](c2ccc(NC(=O)Nc3ccc(Oc4ccccc4)cc3)cc2)O[C@H]1c1ccc(CO)cc1. The lowest BCUT2D eigenvalue weighted by Crippen LogP contribution is -2.39. The summed E-state index contributed by atoms with van der Waals surface area (Å²) < 4.78 is 19.7. The van der Waals surface area contributed by atoms with E-state index in [1.54, 1.807) is 48.5 Å². The van der Waals surface area contributed by atoms with Crippen molar-refractivity contribution in [2.24, 2.45) is 5.92 Å². The Balaban J connectivity index is 1.11. The van der Waals surface area contributed by atoms with Gasteiger partial charge >= 0.3 is 6.03 Å². The highest BCUT2D eigenvalue weighted by Crippen LogP contribution is 2.43. The van der Waals surface area contributed by atoms with Gasteiger partial charge in [0.25, 0.3) is 5.03 Å². The zero-order valence-corrected chi connectivity index (χ0v) is 26.5. The smallest absolute Gasteiger partial charge is 0.323 e. The second-order valence-corrected chi connectivity index (χ2v) is 12.2. The van der Waals surface area contributed by atoms with Crippen LogP contribution in [-0.4, -0.2) is 23.0 Å². The third kappa shape index (κ3) is 8.30. The topological polar surface area (TPSA) is 116 Å². The van der Waals surface area contributed by atoms with E-state index in [2.05, 4.69) is 17.6 Å². The molecule has 4 aromatic carbocycles. The highest BCUT2D eigenvalue weighted by molar-refractivity contribution is 7.99. The Morgan fingerprint density at radius 3 is 2.09 bits per heavy atom. The van der Waals surface area contributed by atoms with Crippen LogP contribution in [0.1, 0.15) is 36.0 Å². The Morgan fingerprint density at radius 1 is 0.809 bits per heavy atom. The molecule has 0 bridgehead atoms. The second-order valence-electron chi connectivity index (χ2n) is 11.1. The maximum atomic E-state index is 12.7. The van der Waals surface area contributed by atoms with Crippen LogP contribution in [0, 0.1) is 11.1 Å². The minimum absolute atomic E-state index is 0.0221. The number of aromatic nitrogens is 1. The van der Waals surface area contributed by atoms with Crippen molar-refractivity contribution >= 4 is 29.2 Å². The lowest BCUT2D eigenvalue weighted by molar-refractivity contribution is -0.645. The fourth-order valence-corrected chi connectivity index (χ4v) is 6.33. The Labute approximate surface area is 277 Å². The van der Waals surface area contributed by atoms with Gasteiger partial charge in [-0.1, -0.05) is 73.3 Å². The molecule has 10 heteroatoms. The first-order valence-electron chi connectivity index (χ1n) is 15.3. The predicted octanol–water partition coefficient (Wildman–Crippen LogP) is 7.83. The first-order valence-corrected chi connectivity index (χ1v) is 16.3. The molecule has 47 heavy (non-hydrogen) atoms. The van der Waals surface area contributed by atoms with Gasteiger partial charge in [0.2, 0.25) is 0 Å². The number of thioether (sulfide) groups is 1. The minimum Gasteiger partial charge on any atom is -0.618 e. The van der Waals surface area contributed by atoms with Gasteiger partial charge in [-0.3, -0.25) is 0 Å². The fraction of sp³-hybridized carbons (Fsp3) is 0.189. The van der Waals surface area contributed by atoms with Gasteiger partial charge in [-0.2, -0.15) is 4.73 Å². The van der Waals surface area contributed by atoms with Crippen LogP contribution in [0.15, 0.2) is 133 Å². The van der Waals surface area contributed by atoms with Crippen LogP contribution in [0.4, 0.5) is 16.2 Å². The van der Waals surface area contributed by atoms with Crippen molar-refractivity contribution in [1.29, 1.82) is 0 Å². The molecule has 1 fully saturated rings. The maximum Gasteiger partial charge on any atom is 0.323 e. The summed E-state index contributed by atoms with van der Waals surface area (Å²) in [5, 5.41) is 28.1. The van der Waals surface area contributed by atoms with Crippen molar-refractivity contribution < 1.29 is 28.8 Å². The lowest BCUT2D eigenvalue weighted by Gasteiger charge is -2.41. The number of hydrogen-bond acceptors (Lipinski definition) is 7. The summed E-state index contributed by atoms with van der Waals surface area (Å²) >= 11 is 1.44. The van der Waals surface area contributed by atoms with Crippen molar-refractivity contribution in [3.05, 3.63) is 149 Å². The highest BCUT2D eigenvalue weighted by Gasteiger charge is 2.38. The van der Waals surface area contributed by atoms with Gasteiger partial charge in [-0.25, -0.2) is 4.79 Å². The molecular weight excluding hydrogens is 614 g/mol. The Kier molecular flexibility index (Phi) is 10.3. The fourth-order valence-electron chi connectivity index (χ4n) is 5.25. The van der Waals surface area contributed by atoms with Crippen LogP contribution in [0.2, 0.25) is 0 Å². The number of aliphatic hydroxyl groups is 1. The van der Waals surface area contributed by atoms with Gasteiger partial charge in [-0.15, -0.1) is 0 Å². The summed E-state index contributed by atoms with van der Waals surface area (Å²) in [6, 6.07) is 36.6. The highest BCUT2D eigenvalue weighted by atomic mass is 32.2. The van der Waals surface area contributed by atoms with E-state index in [1.165, 1.54) is 18.0 Å². The average Bonchev–Trinajstić information content (AvgIpc) is 3.10. The normalized spacial score (nSPS) is 19.1. The van der Waals surface area contributed by atoms with E-state index in [0.29, 0.717) is 27.9 Å². The number of urea groups is 1. The van der Waals surface area contributed by atoms with Gasteiger partial charge in [-0.05, 0) is 65.7 Å². The van der Waals surface area contributed by atoms with Gasteiger partial charge < -0.3 is 35.2 Å². The van der Waals surface area contributed by atoms with Crippen molar-refractivity contribution in [2.45, 2.75) is 37.1 Å². The monoisotopic (exact) mass is 649 g/mol. The Morgan fingerprint density at radius 2 is 1.43 bits per heavy atom. The number of para-hydroxylation sites is 1. The number of ether oxygens (including phenoxy) is 3. The molecule has 1 aliphatic rings. The minimum atomic E-state index is -0.672. The molecule has 9 nitrogen and oxygen atoms in total. The van der Waals surface area contributed by atoms with Crippen LogP contribution in [0.3, 0.4) is 0 Å². The second kappa shape index (κ2) is 15.1. The number of anilines is 2. The molecule has 1 saturated heterocycles. The number of amides is 2. The van der Waals surface area contributed by atoms with E-state index < -0.39 is 6.29 Å². The summed E-state index contributed by atoms with van der Waals surface area (Å²) in [4.78, 5) is 12.7. The number of pyridine rings is 1. The molecule has 2 heterocycles. The molecule has 5 aromatic rings. The third-order valence-electron chi connectivity index (χ3n) is 7.84. The molecule has 1 aromatic heterocycles. The lowest BCUT2D eigenvalue weighted by atomic mass is 9.91. The molecule has 6 rings (SSSR count). The van der Waals surface area contributed by atoms with E-state index in [4.69, 9.17) is 14.2 Å². The largest absolute Gasteiger partial charge is 0.618 e. The van der Waals surface area contributed by atoms with E-state index in [1.807, 2.05) is 72.8 Å². The first kappa shape index (κ1) is 32.1. The molecule has 0 saturated carbocycles. The van der Waals surface area contributed by atoms with E-state index >= 15 is 0 Å². The van der Waals surface area contributed by atoms with Crippen molar-refractivity contribution in [1.82, 2.24) is 0 Å². The molecule has 0 spiro atoms. The number of nitrogens with one attached hydrogen (secondary N) is 2. The Bertz CT molecular complexity index is 1750. The van der Waals surface area contributed by atoms with E-state index in [9.17, 15) is 15.1 Å². The molecule has 0 aliphatic carbocycles. The van der Waals surface area contributed by atoms with Gasteiger partial charge in [0.15, 0.2) is 12.5 Å². The summed E-state index contributed by atoms with van der Waals surface area (Å²) in [6.45, 7) is 2.05. The third-order valence-corrected chi connectivity index (χ3v) is 8.95. The average molecular weight is 650 g/mol. The van der Waals surface area contributed by atoms with Gasteiger partial charge in [0, 0.05) is 40.7 Å². The molecule has 4 atom stereocenters. The number of rotatable bonds is 10. The zero-order chi connectivity index (χ0) is 32.6. The van der Waals surface area contributed by atoms with Crippen LogP contribution >= 0.6 is 11.8 Å². The summed E-state index contributed by atoms with van der Waals surface area (Å²) in [5.41, 5.74) is 3.82. The quantitative estimate of drug-likeness (QED) is 0.0802. The number of carbonyl (C=O) groups is 1. The molecule has 0 radical (unpaired) electrons. The number of carbonyl (C=O) groups excluding carboxylic acids is 1. The summed E-state index contributed by atoms with van der Waals surface area (Å²) in [7, 11) is 0. The first-order chi connectivity index (χ1) is 22.9. The summed E-state index contributed by atoms with van der Waals surface area (Å²) in [5.74, 6) is 1.93. The molecular formula is C37H35N3O6S. The van der Waals surface area contributed by atoms with E-state index in [0.717, 1.165) is 27.2 Å². The van der Waals surface area contributed by atoms with Crippen LogP contribution in [0.25, 0.3) is 0 Å². The van der Waals surface area contributed by atoms with Crippen molar-refractivity contribution in [2.75, 3.05) is 16.4 Å². The van der Waals surface area contributed by atoms with Crippen molar-refractivity contribution in [3.8, 4) is 11.5 Å². The number of aliphatic hydroxyl groups excluding tert-OH is 1. The number of hydrogen-bond donors (Lipinski definition) is 3. The molecule has 0 unspecified atom stereocenters. The van der Waals surface area contributed by atoms with Gasteiger partial charge in [0.1, 0.15) is 11.5 Å². The Hall–Kier alpha value is -4.87. The van der Waals surface area contributed by atoms with Crippen LogP contribution < -0.4 is 20.1 Å². The molecule has 1 aliphatic heterocycles. The molecule has 2 amide bonds. The molecule has 240 valence electrons. The van der Waals surface area contributed by atoms with Gasteiger partial charge in [0.05, 0.1) is 18.8 Å². The van der Waals surface area contributed by atoms with E-state index in [-0.39, 0.29) is 30.8 Å². The van der Waals surface area contributed by atoms with Crippen LogP contribution in [0.5, 0.6) is 11.5 Å². The standard InChI is InChI=1S/C37H35N3O6S/c1-25-33(24-47-34-9-5-6-22-40(34)43)45-36(46-35(25)27-12-10-26(23-41)11-13-27)28-14-16-29(17-15-28)38-37(42)39-30-18-20-32(21-19-30)44-31-7-3-2-4-8-31/h2-22,25,33,35-36,41H,23-24H2,1H3,(H2,38,39,42)/t25-,33+,35+,36+/m0/s1. The molecule has 3 N–H and O–H groups in total. The summed E-state index contributed by atoms with van der Waals surface area (Å²) in [6.07, 6.45) is 0.303. The van der Waals surface area contributed by atoms with Crippen LogP contribution in [-0.2, 0) is 16.1 Å². The zero-order valence-electron chi connectivity index (χ0n) is 25.7. The van der Waals surface area contributed by atoms with Crippen molar-refractivity contribution in [3.63, 3.8) is 0 Å². The number of benzene rings is 4. The maximum absolute atomic E-state index is 12.7. The number of nitrogens with zero attached hydrogens (tertiary/aromatic N) is 1. The predicted molar refractivity (Wildman–Crippen MR) is 181 cm³/mol.